The molecule has 102 valence electrons. The molecule has 0 unspecified atom stereocenters. The van der Waals surface area contributed by atoms with Crippen LogP contribution in [0.15, 0.2) is 60.7 Å². The molecule has 0 aliphatic carbocycles. The molecule has 0 fully saturated rings. The average Bonchev–Trinajstić information content (AvgIpc) is 2.53. The third-order valence-corrected chi connectivity index (χ3v) is 3.21. The van der Waals surface area contributed by atoms with Gasteiger partial charge in [0.05, 0.1) is 16.8 Å². The molecule has 2 aromatic carbocycles. The predicted octanol–water partition coefficient (Wildman–Crippen LogP) is 4.10. The first-order valence-corrected chi connectivity index (χ1v) is 6.60. The quantitative estimate of drug-likeness (QED) is 0.782. The number of nitrogens with zero attached hydrogens (tertiary/aromatic N) is 1. The summed E-state index contributed by atoms with van der Waals surface area (Å²) in [6, 6.07) is 18.7. The number of carbonyl (C=O) groups is 1. The normalized spacial score (nSPS) is 11.0. The number of hydrogen-bond acceptors (Lipinski definition) is 2. The van der Waals surface area contributed by atoms with E-state index in [1.165, 1.54) is 0 Å². The van der Waals surface area contributed by atoms with Crippen molar-refractivity contribution in [1.29, 1.82) is 0 Å². The Morgan fingerprint density at radius 1 is 0.952 bits per heavy atom. The van der Waals surface area contributed by atoms with E-state index in [-0.39, 0.29) is 5.56 Å². The lowest BCUT2D eigenvalue weighted by molar-refractivity contribution is 0.0699. The minimum atomic E-state index is -0.942. The summed E-state index contributed by atoms with van der Waals surface area (Å²) in [5.41, 5.74) is 2.64. The number of carboxylic acid groups (broad SMARTS) is 1. The summed E-state index contributed by atoms with van der Waals surface area (Å²) in [4.78, 5) is 15.9. The summed E-state index contributed by atoms with van der Waals surface area (Å²) in [5, 5.41) is 10.00. The molecule has 3 rings (SSSR count). The van der Waals surface area contributed by atoms with Crippen molar-refractivity contribution in [3.63, 3.8) is 0 Å². The summed E-state index contributed by atoms with van der Waals surface area (Å²) in [7, 11) is 0. The third kappa shape index (κ3) is 2.82. The second-order valence-electron chi connectivity index (χ2n) is 4.66. The summed E-state index contributed by atoms with van der Waals surface area (Å²) in [5.74, 6) is -0.942. The van der Waals surface area contributed by atoms with E-state index in [9.17, 15) is 9.90 Å². The highest BCUT2D eigenvalue weighted by Crippen LogP contribution is 2.19. The van der Waals surface area contributed by atoms with Gasteiger partial charge in [0, 0.05) is 5.39 Å². The second-order valence-corrected chi connectivity index (χ2v) is 4.66. The smallest absolute Gasteiger partial charge is 0.336 e. The predicted molar refractivity (Wildman–Crippen MR) is 84.1 cm³/mol. The molecule has 1 heterocycles. The van der Waals surface area contributed by atoms with Crippen LogP contribution in [0.3, 0.4) is 0 Å². The van der Waals surface area contributed by atoms with Gasteiger partial charge in [-0.2, -0.15) is 0 Å². The molecule has 21 heavy (non-hydrogen) atoms. The first kappa shape index (κ1) is 13.1. The summed E-state index contributed by atoms with van der Waals surface area (Å²) >= 11 is 0. The average molecular weight is 275 g/mol. The number of hydrogen-bond donors (Lipinski definition) is 1. The number of carboxylic acids is 1. The number of aromatic nitrogens is 1. The van der Waals surface area contributed by atoms with Crippen LogP contribution in [-0.4, -0.2) is 16.1 Å². The monoisotopic (exact) mass is 275 g/mol. The van der Waals surface area contributed by atoms with Crippen molar-refractivity contribution < 1.29 is 9.90 Å². The zero-order chi connectivity index (χ0) is 14.7. The Bertz CT molecular complexity index is 823. The largest absolute Gasteiger partial charge is 0.478 e. The molecule has 0 amide bonds. The van der Waals surface area contributed by atoms with Crippen molar-refractivity contribution in [2.75, 3.05) is 0 Å². The van der Waals surface area contributed by atoms with Crippen LogP contribution in [0.4, 0.5) is 0 Å². The minimum absolute atomic E-state index is 0.272. The van der Waals surface area contributed by atoms with E-state index in [0.29, 0.717) is 16.6 Å². The van der Waals surface area contributed by atoms with Crippen LogP contribution in [0.2, 0.25) is 0 Å². The van der Waals surface area contributed by atoms with E-state index in [4.69, 9.17) is 0 Å². The molecule has 1 N–H and O–H groups in total. The first-order chi connectivity index (χ1) is 10.2. The molecule has 0 aliphatic heterocycles. The number of rotatable bonds is 3. The van der Waals surface area contributed by atoms with Gasteiger partial charge in [0.25, 0.3) is 0 Å². The van der Waals surface area contributed by atoms with Gasteiger partial charge in [-0.05, 0) is 23.8 Å². The molecule has 0 bridgehead atoms. The Labute approximate surface area is 122 Å². The summed E-state index contributed by atoms with van der Waals surface area (Å²) < 4.78 is 0. The van der Waals surface area contributed by atoms with Gasteiger partial charge >= 0.3 is 5.97 Å². The fourth-order valence-corrected chi connectivity index (χ4v) is 2.20. The van der Waals surface area contributed by atoms with Gasteiger partial charge in [0.2, 0.25) is 0 Å². The minimum Gasteiger partial charge on any atom is -0.478 e. The van der Waals surface area contributed by atoms with E-state index in [1.807, 2.05) is 60.7 Å². The van der Waals surface area contributed by atoms with Gasteiger partial charge in [-0.15, -0.1) is 0 Å². The van der Waals surface area contributed by atoms with E-state index < -0.39 is 5.97 Å². The highest BCUT2D eigenvalue weighted by atomic mass is 16.4. The molecule has 3 aromatic rings. The summed E-state index contributed by atoms with van der Waals surface area (Å²) in [6.45, 7) is 0. The Kier molecular flexibility index (Phi) is 3.48. The topological polar surface area (TPSA) is 50.2 Å². The number of fused-ring (bicyclic) bond motifs is 1. The van der Waals surface area contributed by atoms with Gasteiger partial charge in [0.15, 0.2) is 0 Å². The summed E-state index contributed by atoms with van der Waals surface area (Å²) in [6.07, 6.45) is 3.75. The van der Waals surface area contributed by atoms with Gasteiger partial charge < -0.3 is 5.11 Å². The maximum Gasteiger partial charge on any atom is 0.336 e. The third-order valence-electron chi connectivity index (χ3n) is 3.21. The van der Waals surface area contributed by atoms with Crippen molar-refractivity contribution in [1.82, 2.24) is 4.98 Å². The van der Waals surface area contributed by atoms with Crippen LogP contribution in [0.5, 0.6) is 0 Å². The van der Waals surface area contributed by atoms with Gasteiger partial charge in [-0.1, -0.05) is 54.6 Å². The Balaban J connectivity index is 2.07. The van der Waals surface area contributed by atoms with E-state index in [0.717, 1.165) is 5.56 Å². The van der Waals surface area contributed by atoms with Crippen molar-refractivity contribution in [2.45, 2.75) is 0 Å². The highest BCUT2D eigenvalue weighted by molar-refractivity contribution is 6.03. The lowest BCUT2D eigenvalue weighted by atomic mass is 10.1. The number of aromatic carboxylic acids is 1. The zero-order valence-corrected chi connectivity index (χ0v) is 11.2. The van der Waals surface area contributed by atoms with Gasteiger partial charge in [-0.25, -0.2) is 9.78 Å². The fourth-order valence-electron chi connectivity index (χ4n) is 2.20. The van der Waals surface area contributed by atoms with Crippen LogP contribution in [0.25, 0.3) is 23.1 Å². The Hall–Kier alpha value is -2.94. The van der Waals surface area contributed by atoms with Gasteiger partial charge in [0.1, 0.15) is 0 Å². The SMILES string of the molecule is O=C(O)c1cc(C=Cc2ccccc2)nc2ccccc12. The molecule has 0 aliphatic rings. The maximum atomic E-state index is 11.4. The van der Waals surface area contributed by atoms with Crippen molar-refractivity contribution in [3.8, 4) is 0 Å². The first-order valence-electron chi connectivity index (χ1n) is 6.60. The van der Waals surface area contributed by atoms with Crippen LogP contribution in [0.1, 0.15) is 21.6 Å². The molecule has 0 radical (unpaired) electrons. The lowest BCUT2D eigenvalue weighted by Crippen LogP contribution is -2.00. The Morgan fingerprint density at radius 3 is 2.43 bits per heavy atom. The highest BCUT2D eigenvalue weighted by Gasteiger charge is 2.10. The number of para-hydroxylation sites is 1. The van der Waals surface area contributed by atoms with E-state index in [2.05, 4.69) is 4.98 Å². The van der Waals surface area contributed by atoms with Crippen LogP contribution in [-0.2, 0) is 0 Å². The second kappa shape index (κ2) is 5.59. The fraction of sp³-hybridized carbons (Fsp3) is 0. The van der Waals surface area contributed by atoms with Crippen molar-refractivity contribution >= 4 is 29.0 Å². The van der Waals surface area contributed by atoms with Gasteiger partial charge in [-0.3, -0.25) is 0 Å². The number of pyridine rings is 1. The van der Waals surface area contributed by atoms with E-state index in [1.54, 1.807) is 12.1 Å². The standard InChI is InChI=1S/C18H13NO2/c20-18(21)16-12-14(11-10-13-6-2-1-3-7-13)19-17-9-5-4-8-15(16)17/h1-12H,(H,20,21). The lowest BCUT2D eigenvalue weighted by Gasteiger charge is -2.04. The zero-order valence-electron chi connectivity index (χ0n) is 11.2. The van der Waals surface area contributed by atoms with Crippen molar-refractivity contribution in [2.24, 2.45) is 0 Å². The molecule has 3 nitrogen and oxygen atoms in total. The van der Waals surface area contributed by atoms with Crippen LogP contribution >= 0.6 is 0 Å². The molecule has 3 heteroatoms. The Morgan fingerprint density at radius 2 is 1.67 bits per heavy atom. The molecule has 0 saturated carbocycles. The molecular formula is C18H13NO2. The van der Waals surface area contributed by atoms with E-state index >= 15 is 0 Å². The van der Waals surface area contributed by atoms with Crippen LogP contribution in [0, 0.1) is 0 Å². The van der Waals surface area contributed by atoms with Crippen LogP contribution < -0.4 is 0 Å². The number of benzene rings is 2. The molecule has 0 saturated heterocycles. The molecular weight excluding hydrogens is 262 g/mol. The maximum absolute atomic E-state index is 11.4. The van der Waals surface area contributed by atoms with Crippen molar-refractivity contribution in [3.05, 3.63) is 77.5 Å². The molecule has 0 atom stereocenters. The molecule has 1 aromatic heterocycles. The molecule has 0 spiro atoms.